The van der Waals surface area contributed by atoms with E-state index in [0.717, 1.165) is 22.7 Å². The van der Waals surface area contributed by atoms with Gasteiger partial charge in [-0.1, -0.05) is 19.8 Å². The molecule has 1 aliphatic carbocycles. The summed E-state index contributed by atoms with van der Waals surface area (Å²) in [5, 5.41) is 8.61. The number of amides is 2. The van der Waals surface area contributed by atoms with Gasteiger partial charge in [0.25, 0.3) is 0 Å². The minimum Gasteiger partial charge on any atom is -0.376 e. The molecule has 2 amide bonds. The third-order valence-electron chi connectivity index (χ3n) is 4.57. The minimum absolute atomic E-state index is 0.206. The topological polar surface area (TPSA) is 63.2 Å². The Morgan fingerprint density at radius 3 is 2.80 bits per heavy atom. The number of carbonyl (C=O) groups excluding carboxylic acids is 1. The molecule has 2 atom stereocenters. The first-order valence-electron chi connectivity index (χ1n) is 8.89. The summed E-state index contributed by atoms with van der Waals surface area (Å²) in [5.41, 5.74) is 1.82. The van der Waals surface area contributed by atoms with Crippen molar-refractivity contribution in [1.82, 2.24) is 10.3 Å². The van der Waals surface area contributed by atoms with Gasteiger partial charge in [-0.05, 0) is 43.0 Å². The van der Waals surface area contributed by atoms with Crippen molar-refractivity contribution in [2.24, 2.45) is 5.92 Å². The zero-order chi connectivity index (χ0) is 17.5. The van der Waals surface area contributed by atoms with Crippen LogP contribution >= 0.6 is 11.3 Å². The highest BCUT2D eigenvalue weighted by molar-refractivity contribution is 7.13. The molecular formula is C19H25N3O2S. The number of nitrogens with one attached hydrogen (secondary N) is 2. The summed E-state index contributed by atoms with van der Waals surface area (Å²) in [6, 6.07) is 7.49. The first kappa shape index (κ1) is 17.9. The third kappa shape index (κ3) is 5.28. The minimum atomic E-state index is -0.206. The summed E-state index contributed by atoms with van der Waals surface area (Å²) in [6.07, 6.45) is 7.07. The molecule has 134 valence electrons. The molecule has 1 aromatic carbocycles. The number of rotatable bonds is 6. The summed E-state index contributed by atoms with van der Waals surface area (Å²) in [6.45, 7) is 3.33. The van der Waals surface area contributed by atoms with E-state index in [0.29, 0.717) is 25.2 Å². The van der Waals surface area contributed by atoms with Crippen LogP contribution in [0.5, 0.6) is 0 Å². The average molecular weight is 359 g/mol. The summed E-state index contributed by atoms with van der Waals surface area (Å²) in [4.78, 5) is 16.2. The van der Waals surface area contributed by atoms with Crippen LogP contribution in [0.3, 0.4) is 0 Å². The molecular weight excluding hydrogens is 334 g/mol. The van der Waals surface area contributed by atoms with Crippen LogP contribution in [0.4, 0.5) is 10.5 Å². The number of benzene rings is 1. The maximum Gasteiger partial charge on any atom is 0.319 e. The smallest absolute Gasteiger partial charge is 0.319 e. The van der Waals surface area contributed by atoms with E-state index >= 15 is 0 Å². The van der Waals surface area contributed by atoms with Crippen molar-refractivity contribution in [1.29, 1.82) is 0 Å². The molecule has 3 rings (SSSR count). The summed E-state index contributed by atoms with van der Waals surface area (Å²) < 4.78 is 5.90. The molecule has 1 saturated carbocycles. The molecule has 1 aromatic heterocycles. The number of carbonyl (C=O) groups is 1. The van der Waals surface area contributed by atoms with Crippen LogP contribution in [0.25, 0.3) is 10.6 Å². The Labute approximate surface area is 152 Å². The Bertz CT molecular complexity index is 658. The highest BCUT2D eigenvalue weighted by Crippen LogP contribution is 2.26. The first-order chi connectivity index (χ1) is 12.2. The lowest BCUT2D eigenvalue weighted by atomic mass is 9.88. The number of hydrogen-bond donors (Lipinski definition) is 2. The lowest BCUT2D eigenvalue weighted by Crippen LogP contribution is -2.34. The standard InChI is InChI=1S/C19H25N3O2S/c1-14-4-2-3-5-17(14)24-12-10-21-19(23)22-16-8-6-15(7-9-16)18-20-11-13-25-18/h6-9,11,13-14,17H,2-5,10,12H2,1H3,(H2,21,22,23)/t14-,17-/m1/s1. The number of thiazole rings is 1. The lowest BCUT2D eigenvalue weighted by molar-refractivity contribution is -0.00232. The Kier molecular flexibility index (Phi) is 6.42. The average Bonchev–Trinajstić information content (AvgIpc) is 3.15. The van der Waals surface area contributed by atoms with Crippen molar-refractivity contribution in [3.8, 4) is 10.6 Å². The van der Waals surface area contributed by atoms with Crippen LogP contribution in [-0.4, -0.2) is 30.3 Å². The van der Waals surface area contributed by atoms with Crippen molar-refractivity contribution in [2.45, 2.75) is 38.7 Å². The van der Waals surface area contributed by atoms with Gasteiger partial charge in [0.1, 0.15) is 5.01 Å². The van der Waals surface area contributed by atoms with Crippen molar-refractivity contribution in [3.05, 3.63) is 35.8 Å². The van der Waals surface area contributed by atoms with Crippen LogP contribution in [0, 0.1) is 5.92 Å². The van der Waals surface area contributed by atoms with Crippen molar-refractivity contribution < 1.29 is 9.53 Å². The second-order valence-corrected chi connectivity index (χ2v) is 7.36. The molecule has 0 unspecified atom stereocenters. The lowest BCUT2D eigenvalue weighted by Gasteiger charge is -2.28. The highest BCUT2D eigenvalue weighted by atomic mass is 32.1. The summed E-state index contributed by atoms with van der Waals surface area (Å²) in [7, 11) is 0. The predicted molar refractivity (Wildman–Crippen MR) is 102 cm³/mol. The Morgan fingerprint density at radius 1 is 1.28 bits per heavy atom. The normalized spacial score (nSPS) is 20.2. The van der Waals surface area contributed by atoms with E-state index < -0.39 is 0 Å². The quantitative estimate of drug-likeness (QED) is 0.745. The van der Waals surface area contributed by atoms with E-state index in [-0.39, 0.29) is 6.03 Å². The molecule has 0 spiro atoms. The Morgan fingerprint density at radius 2 is 2.08 bits per heavy atom. The fourth-order valence-electron chi connectivity index (χ4n) is 3.14. The van der Waals surface area contributed by atoms with Crippen LogP contribution in [0.1, 0.15) is 32.6 Å². The monoisotopic (exact) mass is 359 g/mol. The van der Waals surface area contributed by atoms with Crippen molar-refractivity contribution in [3.63, 3.8) is 0 Å². The second kappa shape index (κ2) is 8.97. The van der Waals surface area contributed by atoms with Crippen molar-refractivity contribution >= 4 is 23.1 Å². The van der Waals surface area contributed by atoms with Crippen LogP contribution in [0.15, 0.2) is 35.8 Å². The van der Waals surface area contributed by atoms with Gasteiger partial charge in [0.05, 0.1) is 12.7 Å². The number of ether oxygens (including phenoxy) is 1. The molecule has 5 nitrogen and oxygen atoms in total. The van der Waals surface area contributed by atoms with Crippen LogP contribution < -0.4 is 10.6 Å². The number of anilines is 1. The largest absolute Gasteiger partial charge is 0.376 e. The number of hydrogen-bond acceptors (Lipinski definition) is 4. The van der Waals surface area contributed by atoms with E-state index in [1.807, 2.05) is 29.6 Å². The molecule has 0 radical (unpaired) electrons. The molecule has 0 saturated heterocycles. The molecule has 25 heavy (non-hydrogen) atoms. The highest BCUT2D eigenvalue weighted by Gasteiger charge is 2.21. The Hall–Kier alpha value is -1.92. The van der Waals surface area contributed by atoms with E-state index in [9.17, 15) is 4.79 Å². The molecule has 1 aliphatic rings. The zero-order valence-corrected chi connectivity index (χ0v) is 15.3. The van der Waals surface area contributed by atoms with Gasteiger partial charge in [-0.15, -0.1) is 11.3 Å². The van der Waals surface area contributed by atoms with Gasteiger partial charge in [-0.2, -0.15) is 0 Å². The maximum atomic E-state index is 12.0. The SMILES string of the molecule is C[C@@H]1CCCC[C@H]1OCCNC(=O)Nc1ccc(-c2nccs2)cc1. The zero-order valence-electron chi connectivity index (χ0n) is 14.5. The maximum absolute atomic E-state index is 12.0. The van der Waals surface area contributed by atoms with Gasteiger partial charge in [-0.25, -0.2) is 9.78 Å². The van der Waals surface area contributed by atoms with Crippen LogP contribution in [-0.2, 0) is 4.74 Å². The molecule has 2 N–H and O–H groups in total. The predicted octanol–water partition coefficient (Wildman–Crippen LogP) is 4.53. The molecule has 2 aromatic rings. The number of aromatic nitrogens is 1. The van der Waals surface area contributed by atoms with E-state index in [1.165, 1.54) is 19.3 Å². The second-order valence-electron chi connectivity index (χ2n) is 6.47. The fraction of sp³-hybridized carbons (Fsp3) is 0.474. The molecule has 0 bridgehead atoms. The Balaban J connectivity index is 1.37. The van der Waals surface area contributed by atoms with Gasteiger partial charge >= 0.3 is 6.03 Å². The van der Waals surface area contributed by atoms with Gasteiger partial charge in [0.15, 0.2) is 0 Å². The summed E-state index contributed by atoms with van der Waals surface area (Å²) in [5.74, 6) is 0.624. The van der Waals surface area contributed by atoms with Crippen molar-refractivity contribution in [2.75, 3.05) is 18.5 Å². The van der Waals surface area contributed by atoms with E-state index in [2.05, 4.69) is 22.5 Å². The number of urea groups is 1. The molecule has 6 heteroatoms. The third-order valence-corrected chi connectivity index (χ3v) is 5.40. The number of nitrogens with zero attached hydrogens (tertiary/aromatic N) is 1. The summed E-state index contributed by atoms with van der Waals surface area (Å²) >= 11 is 1.60. The van der Waals surface area contributed by atoms with Gasteiger partial charge in [0.2, 0.25) is 0 Å². The molecule has 0 aliphatic heterocycles. The van der Waals surface area contributed by atoms with E-state index in [1.54, 1.807) is 17.5 Å². The van der Waals surface area contributed by atoms with Crippen LogP contribution in [0.2, 0.25) is 0 Å². The van der Waals surface area contributed by atoms with Gasteiger partial charge < -0.3 is 15.4 Å². The fourth-order valence-corrected chi connectivity index (χ4v) is 3.79. The molecule has 1 fully saturated rings. The first-order valence-corrected chi connectivity index (χ1v) is 9.77. The van der Waals surface area contributed by atoms with Gasteiger partial charge in [0, 0.05) is 29.4 Å². The van der Waals surface area contributed by atoms with Gasteiger partial charge in [-0.3, -0.25) is 0 Å². The molecule has 1 heterocycles. The van der Waals surface area contributed by atoms with E-state index in [4.69, 9.17) is 4.74 Å².